The first-order chi connectivity index (χ1) is 32.1. The average molecular weight is 843 g/mol. The number of nitrogens with zero attached hydrogens (tertiary/aromatic N) is 2. The van der Waals surface area contributed by atoms with Gasteiger partial charge in [0.2, 0.25) is 0 Å². The number of allylic oxidation sites excluding steroid dienone is 9. The summed E-state index contributed by atoms with van der Waals surface area (Å²) in [6.45, 7) is 2.33. The second-order valence-corrected chi connectivity index (χ2v) is 18.6. The topological polar surface area (TPSA) is 26.7 Å². The Morgan fingerprint density at radius 2 is 1.40 bits per heavy atom. The van der Waals surface area contributed by atoms with Gasteiger partial charge in [-0.1, -0.05) is 188 Å². The molecule has 6 aliphatic rings. The smallest absolute Gasteiger partial charge is 0.0658 e. The van der Waals surface area contributed by atoms with Gasteiger partial charge in [0.15, 0.2) is 0 Å². The Labute approximate surface area is 384 Å². The third-order valence-corrected chi connectivity index (χ3v) is 15.2. The number of benzene rings is 6. The number of hydrogen-bond donors (Lipinski definition) is 1. The van der Waals surface area contributed by atoms with Gasteiger partial charge in [-0.2, -0.15) is 0 Å². The highest BCUT2D eigenvalue weighted by Gasteiger charge is 2.49. The number of aliphatic hydroxyl groups is 1. The number of para-hydroxylation sites is 2. The van der Waals surface area contributed by atoms with E-state index >= 15 is 0 Å². The quantitative estimate of drug-likeness (QED) is 0.155. The first-order valence-electron chi connectivity index (χ1n) is 23.7. The maximum absolute atomic E-state index is 11.9. The Bertz CT molecular complexity index is 3010. The van der Waals surface area contributed by atoms with E-state index in [1.165, 1.54) is 84.0 Å². The molecule has 0 aromatic heterocycles. The van der Waals surface area contributed by atoms with Gasteiger partial charge in [-0.25, -0.2) is 0 Å². The van der Waals surface area contributed by atoms with Gasteiger partial charge >= 0.3 is 0 Å². The van der Waals surface area contributed by atoms with Crippen molar-refractivity contribution in [3.63, 3.8) is 0 Å². The van der Waals surface area contributed by atoms with Crippen LogP contribution < -0.4 is 9.80 Å². The second kappa shape index (κ2) is 16.2. The van der Waals surface area contributed by atoms with Crippen molar-refractivity contribution in [1.29, 1.82) is 0 Å². The molecule has 6 aromatic carbocycles. The summed E-state index contributed by atoms with van der Waals surface area (Å²) in [6, 6.07) is 54.1. The first-order valence-corrected chi connectivity index (χ1v) is 23.7. The molecular formula is C62H54N2O. The fourth-order valence-corrected chi connectivity index (χ4v) is 12.4. The third-order valence-electron chi connectivity index (χ3n) is 15.2. The zero-order chi connectivity index (χ0) is 43.5. The molecule has 0 saturated heterocycles. The molecule has 2 aliphatic heterocycles. The van der Waals surface area contributed by atoms with E-state index in [2.05, 4.69) is 223 Å². The molecule has 4 aliphatic carbocycles. The van der Waals surface area contributed by atoms with Gasteiger partial charge in [0.25, 0.3) is 0 Å². The third kappa shape index (κ3) is 6.27. The SMILES string of the molecule is CC1C(/C=C(\CO)C2(C3=CC=CCCC3)c3ccccc3-c3ccccc32)c2ccc(-c3cccc4c3N(C3=CCCC(c5ccccc5)=C3)C3C=CC=CC43)cc2N1c1ccccc1. The molecule has 0 radical (unpaired) electrons. The summed E-state index contributed by atoms with van der Waals surface area (Å²) < 4.78 is 0. The van der Waals surface area contributed by atoms with Crippen molar-refractivity contribution in [1.82, 2.24) is 0 Å². The van der Waals surface area contributed by atoms with Crippen molar-refractivity contribution in [2.24, 2.45) is 0 Å². The summed E-state index contributed by atoms with van der Waals surface area (Å²) in [6.07, 6.45) is 28.7. The van der Waals surface area contributed by atoms with Crippen molar-refractivity contribution in [3.05, 3.63) is 251 Å². The summed E-state index contributed by atoms with van der Waals surface area (Å²) >= 11 is 0. The van der Waals surface area contributed by atoms with Crippen molar-refractivity contribution >= 4 is 22.6 Å². The van der Waals surface area contributed by atoms with Crippen LogP contribution in [0.4, 0.5) is 17.1 Å². The van der Waals surface area contributed by atoms with Gasteiger partial charge in [0.05, 0.1) is 23.8 Å². The minimum atomic E-state index is -0.576. The number of rotatable bonds is 8. The largest absolute Gasteiger partial charge is 0.392 e. The molecular weight excluding hydrogens is 789 g/mol. The van der Waals surface area contributed by atoms with E-state index in [1.54, 1.807) is 0 Å². The summed E-state index contributed by atoms with van der Waals surface area (Å²) in [4.78, 5) is 5.19. The van der Waals surface area contributed by atoms with Crippen LogP contribution in [-0.4, -0.2) is 23.8 Å². The van der Waals surface area contributed by atoms with E-state index in [1.807, 2.05) is 0 Å². The van der Waals surface area contributed by atoms with Crippen molar-refractivity contribution < 1.29 is 5.11 Å². The van der Waals surface area contributed by atoms with Gasteiger partial charge < -0.3 is 14.9 Å². The Kier molecular flexibility index (Phi) is 9.91. The lowest BCUT2D eigenvalue weighted by molar-refractivity contribution is 0.315. The van der Waals surface area contributed by atoms with Crippen molar-refractivity contribution in [3.8, 4) is 22.3 Å². The minimum Gasteiger partial charge on any atom is -0.392 e. The Balaban J connectivity index is 1.02. The number of anilines is 3. The molecule has 318 valence electrons. The van der Waals surface area contributed by atoms with Crippen molar-refractivity contribution in [2.45, 2.75) is 68.4 Å². The number of aliphatic hydroxyl groups excluding tert-OH is 1. The molecule has 0 spiro atoms. The van der Waals surface area contributed by atoms with Crippen LogP contribution in [0, 0.1) is 0 Å². The number of fused-ring (bicyclic) bond motifs is 7. The highest BCUT2D eigenvalue weighted by Crippen LogP contribution is 2.59. The van der Waals surface area contributed by atoms with Crippen LogP contribution >= 0.6 is 0 Å². The monoisotopic (exact) mass is 842 g/mol. The Hall–Kier alpha value is -6.94. The Morgan fingerprint density at radius 1 is 0.677 bits per heavy atom. The predicted molar refractivity (Wildman–Crippen MR) is 271 cm³/mol. The van der Waals surface area contributed by atoms with Crippen LogP contribution in [0.15, 0.2) is 223 Å². The van der Waals surface area contributed by atoms with E-state index in [-0.39, 0.29) is 30.5 Å². The predicted octanol–water partition coefficient (Wildman–Crippen LogP) is 14.7. The molecule has 0 amide bonds. The zero-order valence-corrected chi connectivity index (χ0v) is 37.0. The zero-order valence-electron chi connectivity index (χ0n) is 37.0. The summed E-state index contributed by atoms with van der Waals surface area (Å²) in [5.41, 5.74) is 19.7. The van der Waals surface area contributed by atoms with Crippen LogP contribution in [0.1, 0.15) is 78.7 Å². The molecule has 2 heterocycles. The van der Waals surface area contributed by atoms with E-state index < -0.39 is 5.41 Å². The Morgan fingerprint density at radius 3 is 2.18 bits per heavy atom. The first kappa shape index (κ1) is 39.6. The lowest BCUT2D eigenvalue weighted by Gasteiger charge is -2.38. The fraction of sp³-hybridized carbons (Fsp3) is 0.194. The second-order valence-electron chi connectivity index (χ2n) is 18.6. The standard InChI is InChI=1S/C62H54N2O/c1-42-56(40-47(41-65)62(46-23-8-2-3-9-24-46)57-33-15-12-28-51(57)52-29-13-16-34-58(52)62)54-37-36-45(39-60(54)63(42)48-25-10-5-11-26-48)50-31-19-32-55-53-30-14-17-35-59(53)64(61(50)55)49-27-18-22-44(38-49)43-20-6-4-7-21-43/h2,4-8,10-17,19-21,23,25-40,42,53,56,59,65H,3,9,18,22,24,41H2,1H3/b47-40+. The summed E-state index contributed by atoms with van der Waals surface area (Å²) in [5.74, 6) is 0.287. The average Bonchev–Trinajstić information content (AvgIpc) is 3.85. The van der Waals surface area contributed by atoms with Crippen LogP contribution in [0.2, 0.25) is 0 Å². The highest BCUT2D eigenvalue weighted by atomic mass is 16.3. The van der Waals surface area contributed by atoms with Gasteiger partial charge in [-0.15, -0.1) is 0 Å². The lowest BCUT2D eigenvalue weighted by atomic mass is 9.64. The fourth-order valence-electron chi connectivity index (χ4n) is 12.4. The molecule has 0 bridgehead atoms. The molecule has 6 aromatic rings. The van der Waals surface area contributed by atoms with Crippen LogP contribution in [0.5, 0.6) is 0 Å². The maximum atomic E-state index is 11.9. The van der Waals surface area contributed by atoms with E-state index in [0.717, 1.165) is 37.7 Å². The van der Waals surface area contributed by atoms with E-state index in [4.69, 9.17) is 0 Å². The van der Waals surface area contributed by atoms with Crippen LogP contribution in [0.25, 0.3) is 27.8 Å². The molecule has 0 fully saturated rings. The van der Waals surface area contributed by atoms with Gasteiger partial charge in [-0.05, 0) is 119 Å². The molecule has 4 unspecified atom stereocenters. The molecule has 65 heavy (non-hydrogen) atoms. The molecule has 1 N–H and O–H groups in total. The normalized spacial score (nSPS) is 22.3. The molecule has 3 nitrogen and oxygen atoms in total. The van der Waals surface area contributed by atoms with Crippen molar-refractivity contribution in [2.75, 3.05) is 16.4 Å². The molecule has 4 atom stereocenters. The molecule has 0 saturated carbocycles. The van der Waals surface area contributed by atoms with E-state index in [9.17, 15) is 5.11 Å². The summed E-state index contributed by atoms with van der Waals surface area (Å²) in [5, 5.41) is 11.9. The highest BCUT2D eigenvalue weighted by molar-refractivity contribution is 5.91. The summed E-state index contributed by atoms with van der Waals surface area (Å²) in [7, 11) is 0. The van der Waals surface area contributed by atoms with E-state index in [0.29, 0.717) is 0 Å². The molecule has 3 heteroatoms. The lowest BCUT2D eigenvalue weighted by Crippen LogP contribution is -2.34. The van der Waals surface area contributed by atoms with Gasteiger partial charge in [-0.3, -0.25) is 0 Å². The van der Waals surface area contributed by atoms with Gasteiger partial charge in [0, 0.05) is 40.5 Å². The van der Waals surface area contributed by atoms with Gasteiger partial charge in [0.1, 0.15) is 0 Å². The number of hydrogen-bond acceptors (Lipinski definition) is 3. The minimum absolute atomic E-state index is 0.0187. The van der Waals surface area contributed by atoms with Crippen LogP contribution in [0.3, 0.4) is 0 Å². The van der Waals surface area contributed by atoms with Crippen LogP contribution in [-0.2, 0) is 5.41 Å². The molecule has 12 rings (SSSR count). The maximum Gasteiger partial charge on any atom is 0.0658 e.